The Kier molecular flexibility index (Phi) is 4.51. The van der Waals surface area contributed by atoms with Crippen molar-refractivity contribution < 1.29 is 9.21 Å². The first-order valence-electron chi connectivity index (χ1n) is 9.31. The molecule has 1 atom stereocenters. The fraction of sp³-hybridized carbons (Fsp3) is 0.400. The number of H-pyrrole nitrogens is 1. The van der Waals surface area contributed by atoms with Crippen molar-refractivity contribution in [3.63, 3.8) is 0 Å². The highest BCUT2D eigenvalue weighted by atomic mass is 16.3. The maximum atomic E-state index is 12.6. The second kappa shape index (κ2) is 6.98. The van der Waals surface area contributed by atoms with Gasteiger partial charge in [0.2, 0.25) is 0 Å². The van der Waals surface area contributed by atoms with Gasteiger partial charge in [-0.05, 0) is 30.5 Å². The summed E-state index contributed by atoms with van der Waals surface area (Å²) in [6.45, 7) is 2.57. The van der Waals surface area contributed by atoms with Crippen LogP contribution in [0.1, 0.15) is 60.2 Å². The molecule has 0 fully saturated rings. The van der Waals surface area contributed by atoms with E-state index in [-0.39, 0.29) is 11.7 Å². The molecule has 7 heteroatoms. The van der Waals surface area contributed by atoms with Gasteiger partial charge in [-0.15, -0.1) is 0 Å². The van der Waals surface area contributed by atoms with Crippen LogP contribution < -0.4 is 11.2 Å². The van der Waals surface area contributed by atoms with E-state index in [1.165, 1.54) is 10.8 Å². The Morgan fingerprint density at radius 2 is 2.11 bits per heavy atom. The van der Waals surface area contributed by atoms with E-state index in [0.717, 1.165) is 25.0 Å². The van der Waals surface area contributed by atoms with Crippen LogP contribution in [0.5, 0.6) is 0 Å². The molecule has 0 aliphatic heterocycles. The molecule has 27 heavy (non-hydrogen) atoms. The average molecular weight is 367 g/mol. The zero-order chi connectivity index (χ0) is 19.0. The molecule has 0 spiro atoms. The smallest absolute Gasteiger partial charge is 0.329 e. The molecule has 0 saturated heterocycles. The number of nitrogens with one attached hydrogen (secondary N) is 1. The fourth-order valence-electron chi connectivity index (χ4n) is 3.86. The first-order valence-corrected chi connectivity index (χ1v) is 9.31. The second-order valence-electron chi connectivity index (χ2n) is 7.01. The number of aromatic nitrogens is 3. The Labute approximate surface area is 155 Å². The lowest BCUT2D eigenvalue weighted by Gasteiger charge is -2.23. The third-order valence-corrected chi connectivity index (χ3v) is 5.23. The summed E-state index contributed by atoms with van der Waals surface area (Å²) in [6.07, 6.45) is 6.75. The van der Waals surface area contributed by atoms with E-state index < -0.39 is 11.2 Å². The van der Waals surface area contributed by atoms with Crippen molar-refractivity contribution in [2.45, 2.75) is 51.5 Å². The van der Waals surface area contributed by atoms with Crippen LogP contribution >= 0.6 is 0 Å². The van der Waals surface area contributed by atoms with Gasteiger partial charge in [-0.2, -0.15) is 0 Å². The Balaban J connectivity index is 1.88. The maximum Gasteiger partial charge on any atom is 0.329 e. The molecule has 1 aliphatic carbocycles. The molecule has 0 amide bonds. The highest BCUT2D eigenvalue weighted by Crippen LogP contribution is 2.34. The molecule has 3 heterocycles. The van der Waals surface area contributed by atoms with Gasteiger partial charge in [-0.25, -0.2) is 9.78 Å². The van der Waals surface area contributed by atoms with Crippen LogP contribution in [-0.2, 0) is 13.0 Å². The van der Waals surface area contributed by atoms with Crippen molar-refractivity contribution in [3.05, 3.63) is 62.3 Å². The molecule has 0 unspecified atom stereocenters. The van der Waals surface area contributed by atoms with E-state index >= 15 is 0 Å². The topological polar surface area (TPSA) is 98.0 Å². The minimum absolute atomic E-state index is 0.0600. The van der Waals surface area contributed by atoms with E-state index in [2.05, 4.69) is 16.9 Å². The lowest BCUT2D eigenvalue weighted by Crippen LogP contribution is -2.33. The fourth-order valence-corrected chi connectivity index (χ4v) is 3.86. The van der Waals surface area contributed by atoms with Gasteiger partial charge in [0.05, 0.1) is 11.6 Å². The molecule has 1 N–H and O–H groups in total. The number of ketones is 1. The number of aryl methyl sites for hydroxylation is 1. The first kappa shape index (κ1) is 17.5. The van der Waals surface area contributed by atoms with E-state index in [1.54, 1.807) is 12.3 Å². The lowest BCUT2D eigenvalue weighted by molar-refractivity contribution is 0.0960. The number of unbranched alkanes of at least 4 members (excludes halogenated alkanes) is 2. The monoisotopic (exact) mass is 367 g/mol. The Morgan fingerprint density at radius 3 is 2.85 bits per heavy atom. The highest BCUT2D eigenvalue weighted by molar-refractivity contribution is 6.02. The zero-order valence-electron chi connectivity index (χ0n) is 15.2. The van der Waals surface area contributed by atoms with Crippen molar-refractivity contribution in [2.75, 3.05) is 0 Å². The summed E-state index contributed by atoms with van der Waals surface area (Å²) in [5, 5.41) is 0.341. The van der Waals surface area contributed by atoms with Gasteiger partial charge >= 0.3 is 5.69 Å². The van der Waals surface area contributed by atoms with Crippen LogP contribution in [0.3, 0.4) is 0 Å². The van der Waals surface area contributed by atoms with Gasteiger partial charge in [0, 0.05) is 30.6 Å². The van der Waals surface area contributed by atoms with Crippen molar-refractivity contribution >= 4 is 16.8 Å². The number of rotatable bonds is 5. The first-order chi connectivity index (χ1) is 13.1. The summed E-state index contributed by atoms with van der Waals surface area (Å²) in [7, 11) is 0. The van der Waals surface area contributed by atoms with Crippen molar-refractivity contribution in [2.24, 2.45) is 0 Å². The van der Waals surface area contributed by atoms with Gasteiger partial charge in [0.25, 0.3) is 5.56 Å². The molecule has 0 bridgehead atoms. The predicted octanol–water partition coefficient (Wildman–Crippen LogP) is 2.78. The summed E-state index contributed by atoms with van der Waals surface area (Å²) in [6, 6.07) is 3.63. The van der Waals surface area contributed by atoms with Crippen LogP contribution in [-0.4, -0.2) is 20.3 Å². The SMILES string of the molecule is CCCCCn1c(=O)[nH]c(=O)c2c3c(cnc21)C(=O)C[C@@H](c1ccco1)C3. The third-order valence-electron chi connectivity index (χ3n) is 5.23. The highest BCUT2D eigenvalue weighted by Gasteiger charge is 2.31. The van der Waals surface area contributed by atoms with Crippen LogP contribution in [0.15, 0.2) is 38.6 Å². The summed E-state index contributed by atoms with van der Waals surface area (Å²) >= 11 is 0. The summed E-state index contributed by atoms with van der Waals surface area (Å²) in [5.74, 6) is 0.548. The minimum Gasteiger partial charge on any atom is -0.469 e. The third kappa shape index (κ3) is 3.03. The number of Topliss-reactive ketones (excluding diaryl/α,β-unsaturated/α-hetero) is 1. The Morgan fingerprint density at radius 1 is 1.26 bits per heavy atom. The van der Waals surface area contributed by atoms with Gasteiger partial charge < -0.3 is 4.42 Å². The number of hydrogen-bond donors (Lipinski definition) is 1. The van der Waals surface area contributed by atoms with E-state index in [4.69, 9.17) is 4.42 Å². The predicted molar refractivity (Wildman–Crippen MR) is 100 cm³/mol. The van der Waals surface area contributed by atoms with E-state index in [9.17, 15) is 14.4 Å². The summed E-state index contributed by atoms with van der Waals surface area (Å²) in [4.78, 5) is 44.3. The van der Waals surface area contributed by atoms with Crippen molar-refractivity contribution in [1.82, 2.24) is 14.5 Å². The quantitative estimate of drug-likeness (QED) is 0.699. The lowest BCUT2D eigenvalue weighted by atomic mass is 9.81. The molecule has 0 aromatic carbocycles. The van der Waals surface area contributed by atoms with Gasteiger partial charge in [-0.1, -0.05) is 19.8 Å². The van der Waals surface area contributed by atoms with Crippen LogP contribution in [0.25, 0.3) is 11.0 Å². The van der Waals surface area contributed by atoms with Crippen molar-refractivity contribution in [3.8, 4) is 0 Å². The van der Waals surface area contributed by atoms with Gasteiger partial charge in [0.15, 0.2) is 5.78 Å². The minimum atomic E-state index is -0.487. The number of aromatic amines is 1. The standard InChI is InChI=1S/C20H21N3O4/c1-2-3-4-7-23-18-17(19(25)22-20(23)26)13-9-12(16-6-5-8-27-16)10-15(24)14(13)11-21-18/h5-6,8,11-12H,2-4,7,9-10H2,1H3,(H,22,25,26)/t12-/m0/s1. The summed E-state index contributed by atoms with van der Waals surface area (Å²) < 4.78 is 6.99. The average Bonchev–Trinajstić information content (AvgIpc) is 3.18. The number of fused-ring (bicyclic) bond motifs is 3. The van der Waals surface area contributed by atoms with Crippen LogP contribution in [0.2, 0.25) is 0 Å². The Hall–Kier alpha value is -2.96. The number of furan rings is 1. The molecule has 4 rings (SSSR count). The molecular weight excluding hydrogens is 346 g/mol. The summed E-state index contributed by atoms with van der Waals surface area (Å²) in [5.41, 5.74) is 0.531. The number of nitrogens with zero attached hydrogens (tertiary/aromatic N) is 2. The number of pyridine rings is 1. The van der Waals surface area contributed by atoms with Crippen LogP contribution in [0, 0.1) is 0 Å². The normalized spacial score (nSPS) is 16.6. The number of carbonyl (C=O) groups is 1. The number of hydrogen-bond acceptors (Lipinski definition) is 5. The molecule has 1 aliphatic rings. The van der Waals surface area contributed by atoms with E-state index in [0.29, 0.717) is 41.5 Å². The molecule has 3 aromatic rings. The van der Waals surface area contributed by atoms with Crippen molar-refractivity contribution in [1.29, 1.82) is 0 Å². The van der Waals surface area contributed by atoms with Crippen LogP contribution in [0.4, 0.5) is 0 Å². The van der Waals surface area contributed by atoms with E-state index in [1.807, 2.05) is 6.07 Å². The molecule has 3 aromatic heterocycles. The molecule has 140 valence electrons. The second-order valence-corrected chi connectivity index (χ2v) is 7.01. The Bertz CT molecular complexity index is 1110. The van der Waals surface area contributed by atoms with Gasteiger partial charge in [0.1, 0.15) is 11.4 Å². The molecular formula is C20H21N3O4. The zero-order valence-corrected chi connectivity index (χ0v) is 15.2. The molecule has 7 nitrogen and oxygen atoms in total. The van der Waals surface area contributed by atoms with Gasteiger partial charge in [-0.3, -0.25) is 19.1 Å². The molecule has 0 saturated carbocycles. The largest absolute Gasteiger partial charge is 0.469 e. The number of carbonyl (C=O) groups excluding carboxylic acids is 1. The maximum absolute atomic E-state index is 12.6. The molecule has 0 radical (unpaired) electrons.